The van der Waals surface area contributed by atoms with E-state index in [0.29, 0.717) is 12.4 Å². The minimum Gasteiger partial charge on any atom is -0.492 e. The van der Waals surface area contributed by atoms with Gasteiger partial charge in [-0.25, -0.2) is 13.1 Å². The van der Waals surface area contributed by atoms with Gasteiger partial charge >= 0.3 is 0 Å². The van der Waals surface area contributed by atoms with E-state index >= 15 is 0 Å². The summed E-state index contributed by atoms with van der Waals surface area (Å²) in [5.74, 6) is 0.311. The first-order valence-electron chi connectivity index (χ1n) is 6.88. The highest BCUT2D eigenvalue weighted by atomic mass is 32.2. The number of nitrogens with one attached hydrogen (secondary N) is 1. The van der Waals surface area contributed by atoms with Gasteiger partial charge in [-0.15, -0.1) is 11.3 Å². The molecule has 0 fully saturated rings. The Hall–Kier alpha value is -1.41. The van der Waals surface area contributed by atoms with E-state index in [9.17, 15) is 13.5 Å². The van der Waals surface area contributed by atoms with Gasteiger partial charge in [0.1, 0.15) is 16.7 Å². The predicted molar refractivity (Wildman–Crippen MR) is 86.8 cm³/mol. The fourth-order valence-corrected chi connectivity index (χ4v) is 3.93. The maximum atomic E-state index is 12.5. The molecule has 0 saturated heterocycles. The summed E-state index contributed by atoms with van der Waals surface area (Å²) < 4.78 is 32.7. The van der Waals surface area contributed by atoms with Crippen LogP contribution in [0.4, 0.5) is 0 Å². The van der Waals surface area contributed by atoms with Gasteiger partial charge in [0.25, 0.3) is 0 Å². The largest absolute Gasteiger partial charge is 0.492 e. The van der Waals surface area contributed by atoms with Crippen LogP contribution in [0.5, 0.6) is 5.75 Å². The van der Waals surface area contributed by atoms with Crippen molar-refractivity contribution in [1.82, 2.24) is 4.72 Å². The minimum absolute atomic E-state index is 0.0810. The van der Waals surface area contributed by atoms with Crippen molar-refractivity contribution in [3.63, 3.8) is 0 Å². The molecule has 1 aromatic carbocycles. The molecule has 0 aliphatic rings. The van der Waals surface area contributed by atoms with E-state index < -0.39 is 16.1 Å². The molecule has 0 amide bonds. The van der Waals surface area contributed by atoms with Gasteiger partial charge in [-0.3, -0.25) is 0 Å². The Balaban J connectivity index is 2.18. The molecule has 0 aliphatic carbocycles. The molecule has 7 heteroatoms. The number of hydrogen-bond acceptors (Lipinski definition) is 5. The summed E-state index contributed by atoms with van der Waals surface area (Å²) in [6.45, 7) is 3.91. The number of ether oxygens (including phenoxy) is 1. The molecule has 1 aromatic heterocycles. The zero-order valence-corrected chi connectivity index (χ0v) is 14.1. The highest BCUT2D eigenvalue weighted by Gasteiger charge is 2.21. The van der Waals surface area contributed by atoms with Crippen LogP contribution >= 0.6 is 11.3 Å². The zero-order chi connectivity index (χ0) is 16.2. The SMILES string of the molecule is CCOc1ccc(C)cc1S(=O)(=O)NCC(O)c1cccs1. The maximum Gasteiger partial charge on any atom is 0.244 e. The molecular weight excluding hydrogens is 322 g/mol. The van der Waals surface area contributed by atoms with Crippen molar-refractivity contribution in [2.24, 2.45) is 0 Å². The third-order valence-electron chi connectivity index (χ3n) is 3.03. The first-order chi connectivity index (χ1) is 10.4. The fraction of sp³-hybridized carbons (Fsp3) is 0.333. The van der Waals surface area contributed by atoms with Gasteiger partial charge in [0.05, 0.1) is 6.61 Å². The van der Waals surface area contributed by atoms with Crippen LogP contribution in [0.15, 0.2) is 40.6 Å². The van der Waals surface area contributed by atoms with E-state index in [1.807, 2.05) is 18.4 Å². The molecule has 1 unspecified atom stereocenters. The van der Waals surface area contributed by atoms with Crippen molar-refractivity contribution < 1.29 is 18.3 Å². The molecule has 0 spiro atoms. The Morgan fingerprint density at radius 1 is 1.36 bits per heavy atom. The average molecular weight is 341 g/mol. The molecule has 0 saturated carbocycles. The molecule has 5 nitrogen and oxygen atoms in total. The lowest BCUT2D eigenvalue weighted by Crippen LogP contribution is -2.28. The quantitative estimate of drug-likeness (QED) is 0.811. The van der Waals surface area contributed by atoms with Gasteiger partial charge in [-0.05, 0) is 43.0 Å². The molecule has 2 aromatic rings. The third kappa shape index (κ3) is 4.07. The van der Waals surface area contributed by atoms with E-state index in [1.165, 1.54) is 11.3 Å². The monoisotopic (exact) mass is 341 g/mol. The van der Waals surface area contributed by atoms with E-state index in [1.54, 1.807) is 31.2 Å². The van der Waals surface area contributed by atoms with Crippen molar-refractivity contribution in [2.45, 2.75) is 24.8 Å². The van der Waals surface area contributed by atoms with Crippen LogP contribution in [0, 0.1) is 6.92 Å². The second-order valence-corrected chi connectivity index (χ2v) is 7.48. The average Bonchev–Trinajstić information content (AvgIpc) is 3.01. The Kier molecular flexibility index (Phi) is 5.57. The highest BCUT2D eigenvalue weighted by molar-refractivity contribution is 7.89. The lowest BCUT2D eigenvalue weighted by molar-refractivity contribution is 0.185. The van der Waals surface area contributed by atoms with Crippen LogP contribution in [0.3, 0.4) is 0 Å². The van der Waals surface area contributed by atoms with Crippen molar-refractivity contribution in [1.29, 1.82) is 0 Å². The van der Waals surface area contributed by atoms with Gasteiger partial charge in [0, 0.05) is 11.4 Å². The molecule has 2 N–H and O–H groups in total. The Morgan fingerprint density at radius 3 is 2.77 bits per heavy atom. The number of benzene rings is 1. The smallest absolute Gasteiger partial charge is 0.244 e. The standard InChI is InChI=1S/C15H19NO4S2/c1-3-20-13-7-6-11(2)9-15(13)22(18,19)16-10-12(17)14-5-4-8-21-14/h4-9,12,16-17H,3,10H2,1-2H3. The first-order valence-corrected chi connectivity index (χ1v) is 9.25. The summed E-state index contributed by atoms with van der Waals surface area (Å²) in [7, 11) is -3.75. The first kappa shape index (κ1) is 17.0. The molecule has 0 aliphatic heterocycles. The minimum atomic E-state index is -3.75. The summed E-state index contributed by atoms with van der Waals surface area (Å²) in [5.41, 5.74) is 0.822. The second-order valence-electron chi connectivity index (χ2n) is 4.77. The van der Waals surface area contributed by atoms with Crippen LogP contribution < -0.4 is 9.46 Å². The number of rotatable bonds is 7. The molecule has 120 valence electrons. The lowest BCUT2D eigenvalue weighted by Gasteiger charge is -2.14. The number of aliphatic hydroxyl groups is 1. The molecular formula is C15H19NO4S2. The third-order valence-corrected chi connectivity index (χ3v) is 5.45. The molecule has 0 bridgehead atoms. The summed E-state index contributed by atoms with van der Waals surface area (Å²) in [6.07, 6.45) is -0.866. The van der Waals surface area contributed by atoms with Crippen LogP contribution in [0.1, 0.15) is 23.5 Å². The van der Waals surface area contributed by atoms with Crippen molar-refractivity contribution >= 4 is 21.4 Å². The zero-order valence-electron chi connectivity index (χ0n) is 12.4. The van der Waals surface area contributed by atoms with Crippen LogP contribution in [-0.2, 0) is 10.0 Å². The lowest BCUT2D eigenvalue weighted by atomic mass is 10.2. The molecule has 1 heterocycles. The van der Waals surface area contributed by atoms with Gasteiger partial charge in [-0.1, -0.05) is 12.1 Å². The van der Waals surface area contributed by atoms with E-state index in [2.05, 4.69) is 4.72 Å². The van der Waals surface area contributed by atoms with E-state index in [0.717, 1.165) is 10.4 Å². The molecule has 0 radical (unpaired) electrons. The second kappa shape index (κ2) is 7.23. The van der Waals surface area contributed by atoms with Crippen molar-refractivity contribution in [3.05, 3.63) is 46.2 Å². The molecule has 22 heavy (non-hydrogen) atoms. The van der Waals surface area contributed by atoms with Crippen LogP contribution in [-0.4, -0.2) is 26.7 Å². The predicted octanol–water partition coefficient (Wildman–Crippen LogP) is 2.47. The Bertz CT molecular complexity index is 711. The van der Waals surface area contributed by atoms with Gasteiger partial charge < -0.3 is 9.84 Å². The fourth-order valence-electron chi connectivity index (χ4n) is 1.95. The number of thiophene rings is 1. The molecule has 1 atom stereocenters. The normalized spacial score (nSPS) is 13.0. The van der Waals surface area contributed by atoms with Gasteiger partial charge in [-0.2, -0.15) is 0 Å². The topological polar surface area (TPSA) is 75.6 Å². The summed E-state index contributed by atoms with van der Waals surface area (Å²) in [5, 5.41) is 11.8. The highest BCUT2D eigenvalue weighted by Crippen LogP contribution is 2.25. The summed E-state index contributed by atoms with van der Waals surface area (Å²) in [6, 6.07) is 8.58. The van der Waals surface area contributed by atoms with Crippen molar-refractivity contribution in [3.8, 4) is 5.75 Å². The summed E-state index contributed by atoms with van der Waals surface area (Å²) in [4.78, 5) is 0.810. The van der Waals surface area contributed by atoms with Gasteiger partial charge in [0.15, 0.2) is 0 Å². The maximum absolute atomic E-state index is 12.5. The number of hydrogen-bond donors (Lipinski definition) is 2. The number of aryl methyl sites for hydroxylation is 1. The van der Waals surface area contributed by atoms with E-state index in [-0.39, 0.29) is 11.4 Å². The molecule has 2 rings (SSSR count). The Labute approximate surface area is 134 Å². The number of aliphatic hydroxyl groups excluding tert-OH is 1. The van der Waals surface area contributed by atoms with Crippen molar-refractivity contribution in [2.75, 3.05) is 13.2 Å². The van der Waals surface area contributed by atoms with Crippen LogP contribution in [0.2, 0.25) is 0 Å². The van der Waals surface area contributed by atoms with Crippen LogP contribution in [0.25, 0.3) is 0 Å². The van der Waals surface area contributed by atoms with E-state index in [4.69, 9.17) is 4.74 Å². The van der Waals surface area contributed by atoms with Gasteiger partial charge in [0.2, 0.25) is 10.0 Å². The Morgan fingerprint density at radius 2 is 2.14 bits per heavy atom. The number of sulfonamides is 1. The summed E-state index contributed by atoms with van der Waals surface area (Å²) >= 11 is 1.38.